The number of nitrogens with one attached hydrogen (secondary N) is 1. The van der Waals surface area contributed by atoms with Crippen molar-refractivity contribution in [3.63, 3.8) is 0 Å². The maximum absolute atomic E-state index is 12.8. The summed E-state index contributed by atoms with van der Waals surface area (Å²) in [6, 6.07) is 4.41. The Hall–Kier alpha value is -0.680. The Morgan fingerprint density at radius 2 is 2.29 bits per heavy atom. The van der Waals surface area contributed by atoms with E-state index in [1.807, 2.05) is 0 Å². The molecule has 1 unspecified atom stereocenters. The number of rotatable bonds is 4. The highest BCUT2D eigenvalue weighted by Gasteiger charge is 2.13. The maximum Gasteiger partial charge on any atom is 0.124 e. The molecule has 0 amide bonds. The van der Waals surface area contributed by atoms with Gasteiger partial charge in [0.15, 0.2) is 0 Å². The van der Waals surface area contributed by atoms with Gasteiger partial charge in [0, 0.05) is 18.1 Å². The molecule has 3 nitrogen and oxygen atoms in total. The van der Waals surface area contributed by atoms with Gasteiger partial charge in [-0.3, -0.25) is 0 Å². The van der Waals surface area contributed by atoms with Crippen LogP contribution in [-0.4, -0.2) is 32.5 Å². The zero-order valence-electron chi connectivity index (χ0n) is 9.42. The van der Waals surface area contributed by atoms with E-state index in [1.54, 1.807) is 6.07 Å². The van der Waals surface area contributed by atoms with E-state index in [1.165, 1.54) is 12.1 Å². The van der Waals surface area contributed by atoms with Gasteiger partial charge in [0.1, 0.15) is 5.82 Å². The first-order valence-corrected chi connectivity index (χ1v) is 5.97. The molecular weight excluding hydrogens is 245 g/mol. The fourth-order valence-electron chi connectivity index (χ4n) is 1.69. The molecule has 17 heavy (non-hydrogen) atoms. The van der Waals surface area contributed by atoms with Gasteiger partial charge in [-0.25, -0.2) is 4.39 Å². The van der Waals surface area contributed by atoms with E-state index in [2.05, 4.69) is 5.32 Å². The Bertz CT molecular complexity index is 370. The molecule has 1 N–H and O–H groups in total. The average molecular weight is 260 g/mol. The van der Waals surface area contributed by atoms with Crippen LogP contribution in [0.15, 0.2) is 18.2 Å². The Labute approximate surface area is 105 Å². The minimum absolute atomic E-state index is 0.0861. The summed E-state index contributed by atoms with van der Waals surface area (Å²) in [5.41, 5.74) is 0.879. The quantitative estimate of drug-likeness (QED) is 0.897. The van der Waals surface area contributed by atoms with Crippen molar-refractivity contribution >= 4 is 11.6 Å². The van der Waals surface area contributed by atoms with Crippen LogP contribution >= 0.6 is 11.6 Å². The van der Waals surface area contributed by atoms with Gasteiger partial charge in [-0.15, -0.1) is 0 Å². The third-order valence-corrected chi connectivity index (χ3v) is 2.94. The molecule has 1 saturated heterocycles. The summed E-state index contributed by atoms with van der Waals surface area (Å²) in [6.45, 7) is 3.22. The third kappa shape index (κ3) is 3.92. The van der Waals surface area contributed by atoms with E-state index < -0.39 is 0 Å². The van der Waals surface area contributed by atoms with E-state index in [9.17, 15) is 4.39 Å². The molecule has 0 spiro atoms. The second kappa shape index (κ2) is 6.31. The highest BCUT2D eigenvalue weighted by atomic mass is 35.5. The first-order chi connectivity index (χ1) is 8.25. The molecule has 5 heteroatoms. The van der Waals surface area contributed by atoms with Crippen LogP contribution < -0.4 is 5.32 Å². The smallest absolute Gasteiger partial charge is 0.124 e. The molecule has 0 saturated carbocycles. The van der Waals surface area contributed by atoms with Crippen LogP contribution in [0.2, 0.25) is 5.02 Å². The molecule has 0 aliphatic carbocycles. The summed E-state index contributed by atoms with van der Waals surface area (Å²) in [4.78, 5) is 0. The van der Waals surface area contributed by atoms with Gasteiger partial charge in [-0.2, -0.15) is 0 Å². The van der Waals surface area contributed by atoms with Crippen LogP contribution in [0, 0.1) is 5.82 Å². The highest BCUT2D eigenvalue weighted by molar-refractivity contribution is 6.31. The average Bonchev–Trinajstić information content (AvgIpc) is 2.33. The van der Waals surface area contributed by atoms with E-state index in [4.69, 9.17) is 21.1 Å². The largest absolute Gasteiger partial charge is 0.376 e. The Balaban J connectivity index is 1.77. The number of benzene rings is 1. The van der Waals surface area contributed by atoms with Gasteiger partial charge in [-0.05, 0) is 17.7 Å². The highest BCUT2D eigenvalue weighted by Crippen LogP contribution is 2.16. The van der Waals surface area contributed by atoms with Crippen LogP contribution in [0.3, 0.4) is 0 Å². The predicted octanol–water partition coefficient (Wildman–Crippen LogP) is 1.98. The van der Waals surface area contributed by atoms with Crippen LogP contribution in [0.25, 0.3) is 0 Å². The van der Waals surface area contributed by atoms with Crippen molar-refractivity contribution in [2.45, 2.75) is 12.6 Å². The molecule has 0 radical (unpaired) electrons. The number of ether oxygens (including phenoxy) is 2. The molecule has 1 heterocycles. The summed E-state index contributed by atoms with van der Waals surface area (Å²) in [5.74, 6) is -0.317. The van der Waals surface area contributed by atoms with Crippen LogP contribution in [0.4, 0.5) is 4.39 Å². The normalized spacial score (nSPS) is 20.5. The van der Waals surface area contributed by atoms with Crippen molar-refractivity contribution in [1.82, 2.24) is 5.32 Å². The second-order valence-corrected chi connectivity index (χ2v) is 4.34. The van der Waals surface area contributed by atoms with E-state index in [0.717, 1.165) is 5.56 Å². The first-order valence-electron chi connectivity index (χ1n) is 5.59. The zero-order chi connectivity index (χ0) is 12.1. The standard InChI is InChI=1S/C12H15ClFNO2/c13-12-5-10(14)2-1-9(12)6-15-7-11-8-16-3-4-17-11/h1-2,5,11,15H,3-4,6-8H2. The molecule has 0 aromatic heterocycles. The van der Waals surface area contributed by atoms with Crippen molar-refractivity contribution in [3.8, 4) is 0 Å². The SMILES string of the molecule is Fc1ccc(CNCC2COCCO2)c(Cl)c1. The van der Waals surface area contributed by atoms with Crippen molar-refractivity contribution in [2.75, 3.05) is 26.4 Å². The molecule has 2 rings (SSSR count). The Morgan fingerprint density at radius 1 is 1.41 bits per heavy atom. The van der Waals surface area contributed by atoms with Crippen LogP contribution in [-0.2, 0) is 16.0 Å². The van der Waals surface area contributed by atoms with Gasteiger partial charge >= 0.3 is 0 Å². The van der Waals surface area contributed by atoms with Crippen molar-refractivity contribution in [2.24, 2.45) is 0 Å². The van der Waals surface area contributed by atoms with Crippen LogP contribution in [0.5, 0.6) is 0 Å². The fourth-order valence-corrected chi connectivity index (χ4v) is 1.92. The summed E-state index contributed by atoms with van der Waals surface area (Å²) in [5, 5.41) is 3.66. The number of halogens is 2. The molecular formula is C12H15ClFNO2. The first kappa shape index (κ1) is 12.8. The third-order valence-electron chi connectivity index (χ3n) is 2.59. The molecule has 1 atom stereocenters. The maximum atomic E-state index is 12.8. The van der Waals surface area contributed by atoms with Gasteiger partial charge in [-0.1, -0.05) is 17.7 Å². The summed E-state index contributed by atoms with van der Waals surface area (Å²) < 4.78 is 23.6. The molecule has 1 aliphatic heterocycles. The number of hydrogen-bond donors (Lipinski definition) is 1. The molecule has 94 valence electrons. The minimum Gasteiger partial charge on any atom is -0.376 e. The van der Waals surface area contributed by atoms with Crippen molar-refractivity contribution in [1.29, 1.82) is 0 Å². The molecule has 1 aromatic rings. The zero-order valence-corrected chi connectivity index (χ0v) is 10.2. The van der Waals surface area contributed by atoms with E-state index in [0.29, 0.717) is 37.9 Å². The summed E-state index contributed by atoms with van der Waals surface area (Å²) in [6.07, 6.45) is 0.0861. The van der Waals surface area contributed by atoms with Crippen molar-refractivity contribution < 1.29 is 13.9 Å². The molecule has 1 aromatic carbocycles. The monoisotopic (exact) mass is 259 g/mol. The van der Waals surface area contributed by atoms with Gasteiger partial charge in [0.25, 0.3) is 0 Å². The molecule has 1 fully saturated rings. The van der Waals surface area contributed by atoms with Crippen LogP contribution in [0.1, 0.15) is 5.56 Å². The van der Waals surface area contributed by atoms with Gasteiger partial charge in [0.05, 0.1) is 25.9 Å². The fraction of sp³-hybridized carbons (Fsp3) is 0.500. The van der Waals surface area contributed by atoms with E-state index in [-0.39, 0.29) is 11.9 Å². The predicted molar refractivity (Wildman–Crippen MR) is 63.7 cm³/mol. The van der Waals surface area contributed by atoms with Crippen molar-refractivity contribution in [3.05, 3.63) is 34.6 Å². The molecule has 0 bridgehead atoms. The Kier molecular flexibility index (Phi) is 4.74. The lowest BCUT2D eigenvalue weighted by Crippen LogP contribution is -2.37. The minimum atomic E-state index is -0.317. The Morgan fingerprint density at radius 3 is 3.00 bits per heavy atom. The van der Waals surface area contributed by atoms with E-state index >= 15 is 0 Å². The lowest BCUT2D eigenvalue weighted by Gasteiger charge is -2.23. The topological polar surface area (TPSA) is 30.5 Å². The lowest BCUT2D eigenvalue weighted by atomic mass is 10.2. The molecule has 1 aliphatic rings. The number of hydrogen-bond acceptors (Lipinski definition) is 3. The lowest BCUT2D eigenvalue weighted by molar-refractivity contribution is -0.0864. The second-order valence-electron chi connectivity index (χ2n) is 3.93. The summed E-state index contributed by atoms with van der Waals surface area (Å²) >= 11 is 5.92. The van der Waals surface area contributed by atoms with Gasteiger partial charge < -0.3 is 14.8 Å². The summed E-state index contributed by atoms with van der Waals surface area (Å²) in [7, 11) is 0. The van der Waals surface area contributed by atoms with Gasteiger partial charge in [0.2, 0.25) is 0 Å².